The van der Waals surface area contributed by atoms with Crippen molar-refractivity contribution < 1.29 is 33.0 Å². The summed E-state index contributed by atoms with van der Waals surface area (Å²) in [5.41, 5.74) is -0.715. The quantitative estimate of drug-likeness (QED) is 0.864. The summed E-state index contributed by atoms with van der Waals surface area (Å²) in [6.45, 7) is 0.0202. The molecule has 1 atom stereocenters. The Labute approximate surface area is 130 Å². The number of carbonyl (C=O) groups excluding carboxylic acids is 1. The maximum atomic E-state index is 13.9. The van der Waals surface area contributed by atoms with Gasteiger partial charge in [-0.2, -0.15) is 0 Å². The molecule has 0 radical (unpaired) electrons. The number of rotatable bonds is 4. The first-order chi connectivity index (χ1) is 10.8. The molecule has 0 bridgehead atoms. The minimum Gasteiger partial charge on any atom is -0.497 e. The Kier molecular flexibility index (Phi) is 5.09. The summed E-state index contributed by atoms with van der Waals surface area (Å²) < 4.78 is 37.7. The van der Waals surface area contributed by atoms with E-state index < -0.39 is 36.0 Å². The number of hydrogen-bond acceptors (Lipinski definition) is 5. The molecule has 23 heavy (non-hydrogen) atoms. The highest BCUT2D eigenvalue weighted by molar-refractivity contribution is 5.95. The normalized spacial score (nSPS) is 20.4. The number of carboxylic acids is 1. The minimum absolute atomic E-state index is 0.0471. The van der Waals surface area contributed by atoms with Gasteiger partial charge in [-0.05, 0) is 6.42 Å². The van der Waals surface area contributed by atoms with E-state index in [1.54, 1.807) is 0 Å². The highest BCUT2D eigenvalue weighted by atomic mass is 19.3. The van der Waals surface area contributed by atoms with Crippen LogP contribution in [0.1, 0.15) is 33.8 Å². The molecule has 126 valence electrons. The summed E-state index contributed by atoms with van der Waals surface area (Å²) in [5, 5.41) is 11.2. The van der Waals surface area contributed by atoms with Gasteiger partial charge in [0.15, 0.2) is 5.69 Å². The van der Waals surface area contributed by atoms with Crippen LogP contribution in [-0.4, -0.2) is 54.3 Å². The average Bonchev–Trinajstić information content (AvgIpc) is 2.68. The maximum absolute atomic E-state index is 13.9. The summed E-state index contributed by atoms with van der Waals surface area (Å²) in [5.74, 6) is -5.26. The number of pyridine rings is 1. The lowest BCUT2D eigenvalue weighted by molar-refractivity contribution is -0.0419. The van der Waals surface area contributed by atoms with Gasteiger partial charge in [-0.25, -0.2) is 18.6 Å². The van der Waals surface area contributed by atoms with Crippen LogP contribution in [0.5, 0.6) is 5.75 Å². The molecular weight excluding hydrogens is 314 g/mol. The number of amides is 1. The molecule has 0 spiro atoms. The van der Waals surface area contributed by atoms with Crippen LogP contribution >= 0.6 is 0 Å². The SMILES string of the molecule is COc1cc(C(=O)O)nc(C(=O)NC2CCOCCC2(F)F)c1. The van der Waals surface area contributed by atoms with Crippen LogP contribution in [0.15, 0.2) is 12.1 Å². The first-order valence-corrected chi connectivity index (χ1v) is 6.89. The van der Waals surface area contributed by atoms with Gasteiger partial charge in [0.2, 0.25) is 0 Å². The molecule has 1 aromatic rings. The van der Waals surface area contributed by atoms with E-state index >= 15 is 0 Å². The summed E-state index contributed by atoms with van der Waals surface area (Å²) in [4.78, 5) is 26.8. The zero-order chi connectivity index (χ0) is 17.0. The standard InChI is InChI=1S/C14H16F2N2O5/c1-22-8-6-9(17-10(7-8)13(20)21)12(19)18-11-2-4-23-5-3-14(11,15)16/h6-7,11H,2-5H2,1H3,(H,18,19)(H,20,21). The number of halogens is 2. The van der Waals surface area contributed by atoms with Crippen LogP contribution < -0.4 is 10.1 Å². The second-order valence-electron chi connectivity index (χ2n) is 5.02. The molecule has 2 heterocycles. The van der Waals surface area contributed by atoms with Crippen molar-refractivity contribution in [3.8, 4) is 5.75 Å². The third-order valence-electron chi connectivity index (χ3n) is 3.43. The average molecular weight is 330 g/mol. The van der Waals surface area contributed by atoms with Gasteiger partial charge in [0.1, 0.15) is 11.4 Å². The fourth-order valence-corrected chi connectivity index (χ4v) is 2.16. The number of carbonyl (C=O) groups is 2. The van der Waals surface area contributed by atoms with Gasteiger partial charge in [0.25, 0.3) is 11.8 Å². The highest BCUT2D eigenvalue weighted by Gasteiger charge is 2.41. The van der Waals surface area contributed by atoms with Gasteiger partial charge in [0.05, 0.1) is 19.8 Å². The molecule has 1 fully saturated rings. The second kappa shape index (κ2) is 6.86. The number of nitrogens with zero attached hydrogens (tertiary/aromatic N) is 1. The molecule has 2 rings (SSSR count). The van der Waals surface area contributed by atoms with Crippen LogP contribution in [0.2, 0.25) is 0 Å². The third kappa shape index (κ3) is 4.13. The molecule has 9 heteroatoms. The fourth-order valence-electron chi connectivity index (χ4n) is 2.16. The van der Waals surface area contributed by atoms with E-state index in [4.69, 9.17) is 14.6 Å². The van der Waals surface area contributed by atoms with Crippen molar-refractivity contribution >= 4 is 11.9 Å². The summed E-state index contributed by atoms with van der Waals surface area (Å²) in [6.07, 6.45) is -0.543. The van der Waals surface area contributed by atoms with Gasteiger partial charge in [-0.15, -0.1) is 0 Å². The van der Waals surface area contributed by atoms with E-state index in [2.05, 4.69) is 10.3 Å². The van der Waals surface area contributed by atoms with E-state index in [-0.39, 0.29) is 31.1 Å². The van der Waals surface area contributed by atoms with Crippen LogP contribution in [-0.2, 0) is 4.74 Å². The summed E-state index contributed by atoms with van der Waals surface area (Å²) in [6, 6.07) is 0.916. The molecule has 1 aliphatic heterocycles. The number of ether oxygens (including phenoxy) is 2. The van der Waals surface area contributed by atoms with Crippen LogP contribution in [0.25, 0.3) is 0 Å². The zero-order valence-electron chi connectivity index (χ0n) is 12.3. The Balaban J connectivity index is 2.22. The highest BCUT2D eigenvalue weighted by Crippen LogP contribution is 2.28. The molecule has 0 saturated carbocycles. The lowest BCUT2D eigenvalue weighted by Gasteiger charge is -2.24. The number of nitrogens with one attached hydrogen (secondary N) is 1. The maximum Gasteiger partial charge on any atom is 0.354 e. The lowest BCUT2D eigenvalue weighted by Crippen LogP contribution is -2.47. The molecular formula is C14H16F2N2O5. The Morgan fingerprint density at radius 2 is 2.09 bits per heavy atom. The van der Waals surface area contributed by atoms with Crippen molar-refractivity contribution in [2.75, 3.05) is 20.3 Å². The number of aromatic carboxylic acids is 1. The second-order valence-corrected chi connectivity index (χ2v) is 5.02. The van der Waals surface area contributed by atoms with E-state index in [1.165, 1.54) is 13.2 Å². The Morgan fingerprint density at radius 3 is 2.74 bits per heavy atom. The first-order valence-electron chi connectivity index (χ1n) is 6.89. The molecule has 1 unspecified atom stereocenters. The topological polar surface area (TPSA) is 97.8 Å². The molecule has 1 saturated heterocycles. The van der Waals surface area contributed by atoms with Crippen molar-refractivity contribution in [3.05, 3.63) is 23.5 Å². The molecule has 1 aromatic heterocycles. The third-order valence-corrected chi connectivity index (χ3v) is 3.43. The fraction of sp³-hybridized carbons (Fsp3) is 0.500. The van der Waals surface area contributed by atoms with Crippen LogP contribution in [0, 0.1) is 0 Å². The predicted octanol–water partition coefficient (Wildman–Crippen LogP) is 1.33. The van der Waals surface area contributed by atoms with Crippen molar-refractivity contribution in [1.82, 2.24) is 10.3 Å². The van der Waals surface area contributed by atoms with Crippen molar-refractivity contribution in [2.24, 2.45) is 0 Å². The smallest absolute Gasteiger partial charge is 0.354 e. The van der Waals surface area contributed by atoms with E-state index in [0.717, 1.165) is 6.07 Å². The minimum atomic E-state index is -3.11. The molecule has 0 aromatic carbocycles. The van der Waals surface area contributed by atoms with Crippen molar-refractivity contribution in [2.45, 2.75) is 24.8 Å². The molecule has 1 amide bonds. The number of hydrogen-bond donors (Lipinski definition) is 2. The van der Waals surface area contributed by atoms with Crippen LogP contribution in [0.4, 0.5) is 8.78 Å². The molecule has 0 aliphatic carbocycles. The molecule has 1 aliphatic rings. The Morgan fingerprint density at radius 1 is 1.39 bits per heavy atom. The summed E-state index contributed by atoms with van der Waals surface area (Å²) in [7, 11) is 1.29. The van der Waals surface area contributed by atoms with Crippen molar-refractivity contribution in [3.63, 3.8) is 0 Å². The monoisotopic (exact) mass is 330 g/mol. The Bertz CT molecular complexity index is 609. The Hall–Kier alpha value is -2.29. The first kappa shape index (κ1) is 17.1. The van der Waals surface area contributed by atoms with Gasteiger partial charge in [0, 0.05) is 25.2 Å². The van der Waals surface area contributed by atoms with E-state index in [1.807, 2.05) is 0 Å². The number of alkyl halides is 2. The van der Waals surface area contributed by atoms with Crippen LogP contribution in [0.3, 0.4) is 0 Å². The van der Waals surface area contributed by atoms with Gasteiger partial charge in [-0.3, -0.25) is 4.79 Å². The molecule has 7 nitrogen and oxygen atoms in total. The van der Waals surface area contributed by atoms with E-state index in [9.17, 15) is 18.4 Å². The lowest BCUT2D eigenvalue weighted by atomic mass is 10.0. The predicted molar refractivity (Wildman–Crippen MR) is 74.0 cm³/mol. The van der Waals surface area contributed by atoms with Gasteiger partial charge in [-0.1, -0.05) is 0 Å². The van der Waals surface area contributed by atoms with Gasteiger partial charge >= 0.3 is 5.97 Å². The largest absolute Gasteiger partial charge is 0.497 e. The zero-order valence-corrected chi connectivity index (χ0v) is 12.3. The van der Waals surface area contributed by atoms with Crippen molar-refractivity contribution in [1.29, 1.82) is 0 Å². The van der Waals surface area contributed by atoms with E-state index in [0.29, 0.717) is 0 Å². The van der Waals surface area contributed by atoms with Gasteiger partial charge < -0.3 is 19.9 Å². The molecule has 2 N–H and O–H groups in total. The number of aromatic nitrogens is 1. The number of carboxylic acid groups (broad SMARTS) is 1. The summed E-state index contributed by atoms with van der Waals surface area (Å²) >= 11 is 0. The number of methoxy groups -OCH3 is 1.